The number of halogens is 1. The molecule has 108 valence electrons. The number of rotatable bonds is 5. The SMILES string of the molecule is O=C(COCc1ccccc1F)c1ccc2c(c1)CCC2. The minimum absolute atomic E-state index is 0.0207. The lowest BCUT2D eigenvalue weighted by Crippen LogP contribution is -2.10. The zero-order chi connectivity index (χ0) is 14.7. The van der Waals surface area contributed by atoms with Gasteiger partial charge in [0.1, 0.15) is 12.4 Å². The summed E-state index contributed by atoms with van der Waals surface area (Å²) < 4.78 is 18.8. The van der Waals surface area contributed by atoms with Crippen LogP contribution < -0.4 is 0 Å². The lowest BCUT2D eigenvalue weighted by Gasteiger charge is -2.06. The Kier molecular flexibility index (Phi) is 4.11. The number of ether oxygens (including phenoxy) is 1. The van der Waals surface area contributed by atoms with E-state index in [1.807, 2.05) is 18.2 Å². The Morgan fingerprint density at radius 1 is 1.10 bits per heavy atom. The Hall–Kier alpha value is -2.00. The minimum Gasteiger partial charge on any atom is -0.369 e. The largest absolute Gasteiger partial charge is 0.369 e. The summed E-state index contributed by atoms with van der Waals surface area (Å²) in [5.41, 5.74) is 3.78. The Bertz CT molecular complexity index is 664. The Morgan fingerprint density at radius 2 is 1.90 bits per heavy atom. The molecule has 1 aliphatic rings. The number of benzene rings is 2. The fourth-order valence-corrected chi connectivity index (χ4v) is 2.70. The summed E-state index contributed by atoms with van der Waals surface area (Å²) in [6, 6.07) is 12.3. The van der Waals surface area contributed by atoms with Gasteiger partial charge in [-0.2, -0.15) is 0 Å². The maximum atomic E-state index is 13.4. The van der Waals surface area contributed by atoms with Crippen LogP contribution in [0.2, 0.25) is 0 Å². The summed E-state index contributed by atoms with van der Waals surface area (Å²) in [5.74, 6) is -0.358. The maximum Gasteiger partial charge on any atom is 0.188 e. The van der Waals surface area contributed by atoms with E-state index in [9.17, 15) is 9.18 Å². The van der Waals surface area contributed by atoms with Crippen LogP contribution in [-0.4, -0.2) is 12.4 Å². The first-order valence-corrected chi connectivity index (χ1v) is 7.20. The Labute approximate surface area is 123 Å². The molecule has 0 fully saturated rings. The molecule has 0 unspecified atom stereocenters. The van der Waals surface area contributed by atoms with Gasteiger partial charge in [0.2, 0.25) is 0 Å². The number of fused-ring (bicyclic) bond motifs is 1. The van der Waals surface area contributed by atoms with E-state index in [2.05, 4.69) is 0 Å². The Morgan fingerprint density at radius 3 is 2.76 bits per heavy atom. The van der Waals surface area contributed by atoms with Gasteiger partial charge in [0.15, 0.2) is 5.78 Å². The molecule has 0 spiro atoms. The molecule has 0 saturated carbocycles. The molecule has 0 aliphatic heterocycles. The number of Topliss-reactive ketones (excluding diaryl/α,β-unsaturated/α-hetero) is 1. The third-order valence-corrected chi connectivity index (χ3v) is 3.87. The van der Waals surface area contributed by atoms with Crippen LogP contribution in [0.5, 0.6) is 0 Å². The van der Waals surface area contributed by atoms with Gasteiger partial charge in [-0.25, -0.2) is 4.39 Å². The zero-order valence-corrected chi connectivity index (χ0v) is 11.8. The van der Waals surface area contributed by atoms with Gasteiger partial charge in [-0.05, 0) is 42.5 Å². The van der Waals surface area contributed by atoms with Crippen molar-refractivity contribution in [2.45, 2.75) is 25.9 Å². The monoisotopic (exact) mass is 284 g/mol. The molecule has 0 saturated heterocycles. The van der Waals surface area contributed by atoms with Gasteiger partial charge in [0.05, 0.1) is 6.61 Å². The molecule has 0 amide bonds. The fourth-order valence-electron chi connectivity index (χ4n) is 2.70. The van der Waals surface area contributed by atoms with Crippen molar-refractivity contribution >= 4 is 5.78 Å². The van der Waals surface area contributed by atoms with Crippen molar-refractivity contribution in [2.75, 3.05) is 6.61 Å². The van der Waals surface area contributed by atoms with Crippen molar-refractivity contribution in [1.29, 1.82) is 0 Å². The molecular weight excluding hydrogens is 267 g/mol. The van der Waals surface area contributed by atoms with E-state index in [4.69, 9.17) is 4.74 Å². The van der Waals surface area contributed by atoms with Gasteiger partial charge < -0.3 is 4.74 Å². The number of hydrogen-bond acceptors (Lipinski definition) is 2. The molecule has 0 atom stereocenters. The average molecular weight is 284 g/mol. The molecule has 2 aromatic rings. The van der Waals surface area contributed by atoms with Crippen LogP contribution in [0.1, 0.15) is 33.5 Å². The van der Waals surface area contributed by atoms with Crippen molar-refractivity contribution in [1.82, 2.24) is 0 Å². The minimum atomic E-state index is -0.303. The molecular formula is C18H17FO2. The zero-order valence-electron chi connectivity index (χ0n) is 11.8. The summed E-state index contributed by atoms with van der Waals surface area (Å²) in [7, 11) is 0. The van der Waals surface area contributed by atoms with Crippen molar-refractivity contribution in [3.05, 3.63) is 70.5 Å². The molecule has 2 aromatic carbocycles. The number of ketones is 1. The number of carbonyl (C=O) groups is 1. The van der Waals surface area contributed by atoms with Crippen molar-refractivity contribution in [2.24, 2.45) is 0 Å². The third kappa shape index (κ3) is 3.19. The first-order valence-electron chi connectivity index (χ1n) is 7.20. The van der Waals surface area contributed by atoms with Gasteiger partial charge in [0, 0.05) is 11.1 Å². The predicted octanol–water partition coefficient (Wildman–Crippen LogP) is 3.71. The lowest BCUT2D eigenvalue weighted by molar-refractivity contribution is 0.0721. The van der Waals surface area contributed by atoms with Crippen LogP contribution in [0.4, 0.5) is 4.39 Å². The van der Waals surface area contributed by atoms with Crippen LogP contribution in [0.15, 0.2) is 42.5 Å². The van der Waals surface area contributed by atoms with E-state index >= 15 is 0 Å². The molecule has 21 heavy (non-hydrogen) atoms. The number of carbonyl (C=O) groups excluding carboxylic acids is 1. The third-order valence-electron chi connectivity index (χ3n) is 3.87. The highest BCUT2D eigenvalue weighted by molar-refractivity contribution is 5.97. The van der Waals surface area contributed by atoms with Gasteiger partial charge in [-0.3, -0.25) is 4.79 Å². The van der Waals surface area contributed by atoms with Crippen molar-refractivity contribution < 1.29 is 13.9 Å². The smallest absolute Gasteiger partial charge is 0.188 e. The Balaban J connectivity index is 1.58. The van der Waals surface area contributed by atoms with E-state index in [1.165, 1.54) is 17.2 Å². The average Bonchev–Trinajstić information content (AvgIpc) is 2.96. The van der Waals surface area contributed by atoms with Crippen LogP contribution in [0.3, 0.4) is 0 Å². The van der Waals surface area contributed by atoms with Gasteiger partial charge in [-0.15, -0.1) is 0 Å². The summed E-state index contributed by atoms with van der Waals surface area (Å²) >= 11 is 0. The van der Waals surface area contributed by atoms with Crippen LogP contribution in [-0.2, 0) is 24.2 Å². The molecule has 2 nitrogen and oxygen atoms in total. The first-order chi connectivity index (χ1) is 10.2. The highest BCUT2D eigenvalue weighted by atomic mass is 19.1. The van der Waals surface area contributed by atoms with E-state index in [0.717, 1.165) is 19.3 Å². The summed E-state index contributed by atoms with van der Waals surface area (Å²) in [6.07, 6.45) is 3.32. The molecule has 0 heterocycles. The van der Waals surface area contributed by atoms with Gasteiger partial charge in [-0.1, -0.05) is 30.3 Å². The van der Waals surface area contributed by atoms with E-state index in [-0.39, 0.29) is 24.8 Å². The van der Waals surface area contributed by atoms with Gasteiger partial charge >= 0.3 is 0 Å². The quantitative estimate of drug-likeness (QED) is 0.782. The van der Waals surface area contributed by atoms with Crippen molar-refractivity contribution in [3.63, 3.8) is 0 Å². The number of hydrogen-bond donors (Lipinski definition) is 0. The van der Waals surface area contributed by atoms with Crippen LogP contribution in [0, 0.1) is 5.82 Å². The summed E-state index contributed by atoms with van der Waals surface area (Å²) in [4.78, 5) is 12.1. The van der Waals surface area contributed by atoms with Crippen LogP contribution >= 0.6 is 0 Å². The van der Waals surface area contributed by atoms with Gasteiger partial charge in [0.25, 0.3) is 0 Å². The normalized spacial score (nSPS) is 13.2. The van der Waals surface area contributed by atoms with E-state index in [1.54, 1.807) is 18.2 Å². The fraction of sp³-hybridized carbons (Fsp3) is 0.278. The molecule has 0 bridgehead atoms. The van der Waals surface area contributed by atoms with Crippen molar-refractivity contribution in [3.8, 4) is 0 Å². The highest BCUT2D eigenvalue weighted by Gasteiger charge is 2.14. The molecule has 3 rings (SSSR count). The van der Waals surface area contributed by atoms with E-state index < -0.39 is 0 Å². The molecule has 0 aromatic heterocycles. The van der Waals surface area contributed by atoms with Crippen LogP contribution in [0.25, 0.3) is 0 Å². The molecule has 0 N–H and O–H groups in total. The summed E-state index contributed by atoms with van der Waals surface area (Å²) in [6.45, 7) is 0.0937. The number of aryl methyl sites for hydroxylation is 2. The summed E-state index contributed by atoms with van der Waals surface area (Å²) in [5, 5.41) is 0. The molecule has 0 radical (unpaired) electrons. The first kappa shape index (κ1) is 14.0. The molecule has 1 aliphatic carbocycles. The second-order valence-corrected chi connectivity index (χ2v) is 5.34. The highest BCUT2D eigenvalue weighted by Crippen LogP contribution is 2.23. The topological polar surface area (TPSA) is 26.3 Å². The predicted molar refractivity (Wildman–Crippen MR) is 78.9 cm³/mol. The lowest BCUT2D eigenvalue weighted by atomic mass is 10.0. The standard InChI is InChI=1S/C18H17FO2/c19-17-7-2-1-4-16(17)11-21-12-18(20)15-9-8-13-5-3-6-14(13)10-15/h1-2,4,7-10H,3,5-6,11-12H2. The second-order valence-electron chi connectivity index (χ2n) is 5.34. The molecule has 3 heteroatoms. The maximum absolute atomic E-state index is 13.4. The second kappa shape index (κ2) is 6.19. The van der Waals surface area contributed by atoms with E-state index in [0.29, 0.717) is 11.1 Å².